The zero-order chi connectivity index (χ0) is 19.0. The predicted molar refractivity (Wildman–Crippen MR) is 102 cm³/mol. The minimum absolute atomic E-state index is 0.0944. The van der Waals surface area contributed by atoms with Gasteiger partial charge < -0.3 is 29.6 Å². The molecule has 2 N–H and O–H groups in total. The Morgan fingerprint density at radius 3 is 2.67 bits per heavy atom. The van der Waals surface area contributed by atoms with Crippen molar-refractivity contribution in [3.63, 3.8) is 0 Å². The Kier molecular flexibility index (Phi) is 5.02. The van der Waals surface area contributed by atoms with E-state index in [1.165, 1.54) is 0 Å². The van der Waals surface area contributed by atoms with E-state index >= 15 is 0 Å². The first-order chi connectivity index (χ1) is 13.1. The first kappa shape index (κ1) is 18.2. The number of imidazole rings is 1. The Balaban J connectivity index is 1.60. The first-order valence-electron chi connectivity index (χ1n) is 9.56. The molecule has 10 nitrogen and oxygen atoms in total. The molecule has 27 heavy (non-hydrogen) atoms. The summed E-state index contributed by atoms with van der Waals surface area (Å²) in [5, 5.41) is 6.54. The summed E-state index contributed by atoms with van der Waals surface area (Å²) in [6.45, 7) is 8.73. The fourth-order valence-corrected chi connectivity index (χ4v) is 3.59. The van der Waals surface area contributed by atoms with E-state index in [0.29, 0.717) is 36.6 Å². The minimum Gasteiger partial charge on any atom is -0.355 e. The number of nitrogens with zero attached hydrogens (tertiary/aromatic N) is 5. The van der Waals surface area contributed by atoms with Crippen LogP contribution in [0.4, 0.5) is 11.9 Å². The minimum atomic E-state index is -0.188. The van der Waals surface area contributed by atoms with Crippen molar-refractivity contribution in [1.82, 2.24) is 24.4 Å². The van der Waals surface area contributed by atoms with Crippen molar-refractivity contribution in [2.75, 3.05) is 42.9 Å². The van der Waals surface area contributed by atoms with E-state index in [9.17, 15) is 4.79 Å². The quantitative estimate of drug-likeness (QED) is 0.730. The van der Waals surface area contributed by atoms with Crippen LogP contribution in [-0.2, 0) is 23.1 Å². The van der Waals surface area contributed by atoms with Crippen LogP contribution in [0.2, 0.25) is 0 Å². The van der Waals surface area contributed by atoms with E-state index in [1.807, 2.05) is 18.4 Å². The van der Waals surface area contributed by atoms with Crippen molar-refractivity contribution >= 4 is 23.1 Å². The maximum Gasteiger partial charge on any atom is 0.280 e. The van der Waals surface area contributed by atoms with Crippen molar-refractivity contribution < 1.29 is 9.47 Å². The second kappa shape index (κ2) is 7.45. The second-order valence-corrected chi connectivity index (χ2v) is 6.85. The molecule has 148 valence electrons. The van der Waals surface area contributed by atoms with E-state index in [1.54, 1.807) is 11.6 Å². The maximum atomic E-state index is 13.0. The van der Waals surface area contributed by atoms with Gasteiger partial charge in [0, 0.05) is 52.7 Å². The van der Waals surface area contributed by atoms with Gasteiger partial charge in [0.1, 0.15) is 0 Å². The van der Waals surface area contributed by atoms with Crippen molar-refractivity contribution in [3.05, 3.63) is 10.4 Å². The Hall–Kier alpha value is -2.17. The largest absolute Gasteiger partial charge is 0.355 e. The highest BCUT2D eigenvalue weighted by Crippen LogP contribution is 2.21. The number of ether oxygens (including phenoxy) is 2. The number of hydrogen-bond acceptors (Lipinski definition) is 8. The molecule has 2 aliphatic heterocycles. The van der Waals surface area contributed by atoms with Gasteiger partial charge in [0.15, 0.2) is 23.7 Å². The lowest BCUT2D eigenvalue weighted by molar-refractivity contribution is -0.376. The van der Waals surface area contributed by atoms with Crippen molar-refractivity contribution in [2.24, 2.45) is 7.05 Å². The normalized spacial score (nSPS) is 22.9. The van der Waals surface area contributed by atoms with Crippen molar-refractivity contribution in [1.29, 1.82) is 0 Å². The van der Waals surface area contributed by atoms with Crippen molar-refractivity contribution in [2.45, 2.75) is 39.4 Å². The Morgan fingerprint density at radius 2 is 2.00 bits per heavy atom. The zero-order valence-corrected chi connectivity index (χ0v) is 16.1. The molecule has 0 bridgehead atoms. The molecule has 2 aromatic rings. The summed E-state index contributed by atoms with van der Waals surface area (Å²) in [6.07, 6.45) is 0.371. The Labute approximate surface area is 157 Å². The smallest absolute Gasteiger partial charge is 0.280 e. The molecule has 0 amide bonds. The van der Waals surface area contributed by atoms with Crippen LogP contribution < -0.4 is 21.1 Å². The van der Waals surface area contributed by atoms with Crippen LogP contribution in [0.1, 0.15) is 20.3 Å². The molecule has 2 saturated heterocycles. The lowest BCUT2D eigenvalue weighted by atomic mass is 10.4. The predicted octanol–water partition coefficient (Wildman–Crippen LogP) is 0.0804. The van der Waals surface area contributed by atoms with Crippen LogP contribution >= 0.6 is 0 Å². The summed E-state index contributed by atoms with van der Waals surface area (Å²) in [4.78, 5) is 24.5. The second-order valence-electron chi connectivity index (χ2n) is 6.85. The van der Waals surface area contributed by atoms with Crippen molar-refractivity contribution in [3.8, 4) is 0 Å². The molecule has 0 saturated carbocycles. The molecule has 4 rings (SSSR count). The first-order valence-corrected chi connectivity index (χ1v) is 9.56. The van der Waals surface area contributed by atoms with Crippen LogP contribution in [0.15, 0.2) is 4.79 Å². The third kappa shape index (κ3) is 3.40. The van der Waals surface area contributed by atoms with E-state index < -0.39 is 0 Å². The van der Waals surface area contributed by atoms with Gasteiger partial charge in [0.2, 0.25) is 11.9 Å². The molecule has 0 spiro atoms. The third-order valence-corrected chi connectivity index (χ3v) is 5.03. The molecule has 0 atom stereocenters. The van der Waals surface area contributed by atoms with Gasteiger partial charge in [-0.2, -0.15) is 9.97 Å². The Morgan fingerprint density at radius 1 is 1.26 bits per heavy atom. The molecule has 0 aromatic carbocycles. The molecular weight excluding hydrogens is 350 g/mol. The van der Waals surface area contributed by atoms with Crippen LogP contribution in [0.25, 0.3) is 11.2 Å². The third-order valence-electron chi connectivity index (χ3n) is 5.03. The van der Waals surface area contributed by atoms with Gasteiger partial charge in [0.05, 0.1) is 0 Å². The fourth-order valence-electron chi connectivity index (χ4n) is 3.59. The number of rotatable bonds is 6. The highest BCUT2D eigenvalue weighted by atomic mass is 16.9. The number of fused-ring (bicyclic) bond motifs is 1. The summed E-state index contributed by atoms with van der Waals surface area (Å²) in [5.74, 6) is 1.33. The van der Waals surface area contributed by atoms with E-state index in [4.69, 9.17) is 14.5 Å². The molecule has 0 aliphatic carbocycles. The topological polar surface area (TPSA) is 98.5 Å². The SMILES string of the molecule is CCn1c(N2CCNCC2)nc2nc(NCCC3OC(C)O3)n(C)c(=O)c21. The summed E-state index contributed by atoms with van der Waals surface area (Å²) in [5.41, 5.74) is 0.947. The summed E-state index contributed by atoms with van der Waals surface area (Å²) >= 11 is 0. The van der Waals surface area contributed by atoms with Gasteiger partial charge >= 0.3 is 0 Å². The van der Waals surface area contributed by atoms with E-state index in [0.717, 1.165) is 32.1 Å². The summed E-state index contributed by atoms with van der Waals surface area (Å²) in [6, 6.07) is 0. The van der Waals surface area contributed by atoms with Crippen LogP contribution in [0.3, 0.4) is 0 Å². The number of hydrogen-bond donors (Lipinski definition) is 2. The number of aromatic nitrogens is 4. The van der Waals surface area contributed by atoms with Crippen LogP contribution in [-0.4, -0.2) is 64.4 Å². The molecule has 0 radical (unpaired) electrons. The summed E-state index contributed by atoms with van der Waals surface area (Å²) < 4.78 is 14.4. The lowest BCUT2D eigenvalue weighted by Gasteiger charge is -2.33. The number of nitrogens with one attached hydrogen (secondary N) is 2. The standard InChI is InChI=1S/C17H27N7O3/c1-4-24-13-14(21-17(24)23-9-7-18-8-10-23)20-16(22(3)15(13)25)19-6-5-12-26-11(2)27-12/h11-12,18H,4-10H2,1-3H3,(H,19,20). The van der Waals surface area contributed by atoms with Gasteiger partial charge in [0.25, 0.3) is 5.56 Å². The molecule has 2 aromatic heterocycles. The fraction of sp³-hybridized carbons (Fsp3) is 0.706. The zero-order valence-electron chi connectivity index (χ0n) is 16.1. The number of piperazine rings is 1. The Bertz CT molecular complexity index is 866. The van der Waals surface area contributed by atoms with Gasteiger partial charge in [-0.3, -0.25) is 9.36 Å². The van der Waals surface area contributed by atoms with Crippen LogP contribution in [0.5, 0.6) is 0 Å². The van der Waals surface area contributed by atoms with E-state index in [2.05, 4.69) is 20.5 Å². The average Bonchev–Trinajstić information content (AvgIpc) is 3.03. The number of aryl methyl sites for hydroxylation is 1. The van der Waals surface area contributed by atoms with Gasteiger partial charge in [-0.1, -0.05) is 0 Å². The molecular formula is C17H27N7O3. The summed E-state index contributed by atoms with van der Waals surface area (Å²) in [7, 11) is 1.73. The molecule has 10 heteroatoms. The number of anilines is 2. The molecule has 0 unspecified atom stereocenters. The van der Waals surface area contributed by atoms with Crippen LogP contribution in [0, 0.1) is 0 Å². The van der Waals surface area contributed by atoms with Gasteiger partial charge in [-0.05, 0) is 13.8 Å². The average molecular weight is 377 g/mol. The highest BCUT2D eigenvalue weighted by Gasteiger charge is 2.26. The van der Waals surface area contributed by atoms with E-state index in [-0.39, 0.29) is 18.1 Å². The monoisotopic (exact) mass is 377 g/mol. The molecule has 2 aliphatic rings. The van der Waals surface area contributed by atoms with Gasteiger partial charge in [-0.15, -0.1) is 0 Å². The molecule has 4 heterocycles. The molecule has 2 fully saturated rings. The maximum absolute atomic E-state index is 13.0. The lowest BCUT2D eigenvalue weighted by Crippen LogP contribution is -2.44. The highest BCUT2D eigenvalue weighted by molar-refractivity contribution is 5.75. The van der Waals surface area contributed by atoms with Gasteiger partial charge in [-0.25, -0.2) is 0 Å².